The lowest BCUT2D eigenvalue weighted by Crippen LogP contribution is -2.51. The van der Waals surface area contributed by atoms with Gasteiger partial charge in [0.05, 0.1) is 19.2 Å². The van der Waals surface area contributed by atoms with Gasteiger partial charge >= 0.3 is 12.1 Å². The van der Waals surface area contributed by atoms with Crippen molar-refractivity contribution in [3.63, 3.8) is 0 Å². The fourth-order valence-corrected chi connectivity index (χ4v) is 5.12. The molecule has 2 aliphatic rings. The molecule has 0 radical (unpaired) electrons. The summed E-state index contributed by atoms with van der Waals surface area (Å²) in [5.41, 5.74) is 2.17. The number of imide groups is 4. The molecule has 2 aromatic carbocycles. The first-order valence-electron chi connectivity index (χ1n) is 12.8. The number of barbiturate groups is 2. The van der Waals surface area contributed by atoms with Gasteiger partial charge in [-0.25, -0.2) is 9.59 Å². The highest BCUT2D eigenvalue weighted by atomic mass is 16.3. The molecule has 0 saturated carbocycles. The standard InChI is InChI=1S/C29H22N6O7/c36-17(13-34-11-15(18-5-1-3-7-22(18)34)9-20-24(37)30-28(41)31-25(20)38)14-35-12-16(19-6-2-4-8-23(19)35)10-21-26(39)32-29(42)33-27(21)40/h1-12,17,36H,13-14H2,(H2,30,31,37,38,41)(H2,32,33,39,40,42). The number of aliphatic hydroxyl groups is 1. The van der Waals surface area contributed by atoms with Crippen molar-refractivity contribution in [3.05, 3.63) is 83.2 Å². The van der Waals surface area contributed by atoms with E-state index in [0.717, 1.165) is 21.8 Å². The van der Waals surface area contributed by atoms with Gasteiger partial charge in [0.25, 0.3) is 23.6 Å². The average molecular weight is 567 g/mol. The van der Waals surface area contributed by atoms with Gasteiger partial charge in [-0.3, -0.25) is 40.4 Å². The summed E-state index contributed by atoms with van der Waals surface area (Å²) in [6.45, 7) is 0.298. The van der Waals surface area contributed by atoms with Crippen molar-refractivity contribution in [2.75, 3.05) is 0 Å². The maximum absolute atomic E-state index is 12.3. The molecule has 0 atom stereocenters. The maximum atomic E-state index is 12.3. The highest BCUT2D eigenvalue weighted by molar-refractivity contribution is 6.32. The second-order valence-electron chi connectivity index (χ2n) is 9.75. The minimum atomic E-state index is -0.907. The molecule has 8 amide bonds. The monoisotopic (exact) mass is 566 g/mol. The summed E-state index contributed by atoms with van der Waals surface area (Å²) < 4.78 is 3.61. The van der Waals surface area contributed by atoms with Crippen molar-refractivity contribution in [3.8, 4) is 0 Å². The minimum absolute atomic E-state index is 0.149. The second kappa shape index (κ2) is 10.3. The Balaban J connectivity index is 1.30. The van der Waals surface area contributed by atoms with Crippen molar-refractivity contribution in [2.24, 2.45) is 0 Å². The number of rotatable bonds is 6. The van der Waals surface area contributed by atoms with Crippen LogP contribution in [0.1, 0.15) is 11.1 Å². The van der Waals surface area contributed by atoms with E-state index < -0.39 is 41.8 Å². The van der Waals surface area contributed by atoms with Gasteiger partial charge in [-0.2, -0.15) is 0 Å². The van der Waals surface area contributed by atoms with E-state index in [1.807, 2.05) is 36.4 Å². The Bertz CT molecular complexity index is 1750. The van der Waals surface area contributed by atoms with Gasteiger partial charge in [0, 0.05) is 45.3 Å². The smallest absolute Gasteiger partial charge is 0.328 e. The number of aliphatic hydroxyl groups excluding tert-OH is 1. The molecule has 0 bridgehead atoms. The van der Waals surface area contributed by atoms with Crippen LogP contribution in [0.2, 0.25) is 0 Å². The Kier molecular flexibility index (Phi) is 6.47. The first-order valence-corrected chi connectivity index (χ1v) is 12.8. The van der Waals surface area contributed by atoms with Crippen molar-refractivity contribution >= 4 is 69.6 Å². The lowest BCUT2D eigenvalue weighted by Gasteiger charge is -2.15. The topological polar surface area (TPSA) is 181 Å². The first kappa shape index (κ1) is 26.4. The molecule has 2 aliphatic heterocycles. The zero-order chi connectivity index (χ0) is 29.5. The van der Waals surface area contributed by atoms with Crippen LogP contribution in [0.3, 0.4) is 0 Å². The Hall–Kier alpha value is -5.82. The molecular formula is C29H22N6O7. The second-order valence-corrected chi connectivity index (χ2v) is 9.75. The predicted molar refractivity (Wildman–Crippen MR) is 149 cm³/mol. The van der Waals surface area contributed by atoms with Crippen LogP contribution in [-0.4, -0.2) is 56.0 Å². The number of carbonyl (C=O) groups is 6. The SMILES string of the molecule is O=C1NC(=O)C(=Cc2cn(CC(O)Cn3cc(C=C4C(=O)NC(=O)NC4=O)c4ccccc43)c3ccccc23)C(=O)N1. The molecule has 0 aliphatic carbocycles. The van der Waals surface area contributed by atoms with E-state index in [1.165, 1.54) is 12.2 Å². The number of fused-ring (bicyclic) bond motifs is 2. The summed E-state index contributed by atoms with van der Waals surface area (Å²) >= 11 is 0. The molecule has 2 saturated heterocycles. The van der Waals surface area contributed by atoms with Crippen molar-refractivity contribution in [2.45, 2.75) is 19.2 Å². The highest BCUT2D eigenvalue weighted by Crippen LogP contribution is 2.27. The molecule has 0 unspecified atom stereocenters. The van der Waals surface area contributed by atoms with Gasteiger partial charge in [0.2, 0.25) is 0 Å². The van der Waals surface area contributed by atoms with E-state index in [1.54, 1.807) is 33.7 Å². The Labute approximate surface area is 236 Å². The molecule has 4 aromatic rings. The summed E-state index contributed by atoms with van der Waals surface area (Å²) in [5.74, 6) is -3.22. The quantitative estimate of drug-likeness (QED) is 0.171. The zero-order valence-electron chi connectivity index (χ0n) is 21.7. The van der Waals surface area contributed by atoms with E-state index in [2.05, 4.69) is 21.3 Å². The summed E-state index contributed by atoms with van der Waals surface area (Å²) in [4.78, 5) is 71.9. The third-order valence-corrected chi connectivity index (χ3v) is 6.94. The summed E-state index contributed by atoms with van der Waals surface area (Å²) in [6, 6.07) is 12.8. The highest BCUT2D eigenvalue weighted by Gasteiger charge is 2.29. The third-order valence-electron chi connectivity index (χ3n) is 6.94. The number of urea groups is 2. The molecule has 4 heterocycles. The molecule has 42 heavy (non-hydrogen) atoms. The average Bonchev–Trinajstić information content (AvgIpc) is 3.46. The number of hydrogen-bond acceptors (Lipinski definition) is 7. The molecule has 13 nitrogen and oxygen atoms in total. The van der Waals surface area contributed by atoms with Crippen LogP contribution in [0.15, 0.2) is 72.1 Å². The van der Waals surface area contributed by atoms with Gasteiger partial charge in [-0.1, -0.05) is 36.4 Å². The molecule has 2 aromatic heterocycles. The molecule has 210 valence electrons. The van der Waals surface area contributed by atoms with E-state index >= 15 is 0 Å². The number of carbonyl (C=O) groups excluding carboxylic acids is 6. The van der Waals surface area contributed by atoms with Crippen LogP contribution < -0.4 is 21.3 Å². The van der Waals surface area contributed by atoms with Gasteiger partial charge in [-0.15, -0.1) is 0 Å². The number of hydrogen-bond donors (Lipinski definition) is 5. The number of nitrogens with zero attached hydrogens (tertiary/aromatic N) is 2. The number of aromatic nitrogens is 2. The molecule has 13 heteroatoms. The van der Waals surface area contributed by atoms with E-state index in [4.69, 9.17) is 0 Å². The Morgan fingerprint density at radius 2 is 0.952 bits per heavy atom. The van der Waals surface area contributed by atoms with Gasteiger partial charge in [0.15, 0.2) is 0 Å². The maximum Gasteiger partial charge on any atom is 0.328 e. The lowest BCUT2D eigenvalue weighted by atomic mass is 10.1. The number of para-hydroxylation sites is 2. The van der Waals surface area contributed by atoms with Gasteiger partial charge in [0.1, 0.15) is 11.1 Å². The van der Waals surface area contributed by atoms with Crippen LogP contribution in [0, 0.1) is 0 Å². The van der Waals surface area contributed by atoms with E-state index in [9.17, 15) is 33.9 Å². The normalized spacial score (nSPS) is 15.7. The van der Waals surface area contributed by atoms with Crippen molar-refractivity contribution in [1.82, 2.24) is 30.4 Å². The lowest BCUT2D eigenvalue weighted by molar-refractivity contribution is -0.125. The number of amides is 8. The summed E-state index contributed by atoms with van der Waals surface area (Å²) in [7, 11) is 0. The fraction of sp³-hybridized carbons (Fsp3) is 0.103. The predicted octanol–water partition coefficient (Wildman–Crippen LogP) is 1.16. The van der Waals surface area contributed by atoms with Crippen LogP contribution in [0.4, 0.5) is 9.59 Å². The molecule has 2 fully saturated rings. The fourth-order valence-electron chi connectivity index (χ4n) is 5.12. The minimum Gasteiger partial charge on any atom is -0.389 e. The molecule has 5 N–H and O–H groups in total. The van der Waals surface area contributed by atoms with Crippen LogP contribution in [-0.2, 0) is 32.3 Å². The zero-order valence-corrected chi connectivity index (χ0v) is 21.7. The molecule has 6 rings (SSSR count). The summed E-state index contributed by atoms with van der Waals surface area (Å²) in [6.07, 6.45) is 5.31. The number of nitrogens with one attached hydrogen (secondary N) is 4. The van der Waals surface area contributed by atoms with Crippen molar-refractivity contribution in [1.29, 1.82) is 0 Å². The Morgan fingerprint density at radius 1 is 0.595 bits per heavy atom. The van der Waals surface area contributed by atoms with Crippen molar-refractivity contribution < 1.29 is 33.9 Å². The van der Waals surface area contributed by atoms with Crippen LogP contribution >= 0.6 is 0 Å². The number of benzene rings is 2. The summed E-state index contributed by atoms with van der Waals surface area (Å²) in [5, 5.41) is 20.8. The first-order chi connectivity index (χ1) is 20.2. The van der Waals surface area contributed by atoms with Crippen LogP contribution in [0.25, 0.3) is 34.0 Å². The largest absolute Gasteiger partial charge is 0.389 e. The third kappa shape index (κ3) is 4.84. The molecular weight excluding hydrogens is 544 g/mol. The Morgan fingerprint density at radius 3 is 1.33 bits per heavy atom. The molecule has 0 spiro atoms. The van der Waals surface area contributed by atoms with Gasteiger partial charge in [-0.05, 0) is 24.3 Å². The van der Waals surface area contributed by atoms with E-state index in [-0.39, 0.29) is 24.2 Å². The van der Waals surface area contributed by atoms with Crippen LogP contribution in [0.5, 0.6) is 0 Å². The van der Waals surface area contributed by atoms with E-state index in [0.29, 0.717) is 11.1 Å². The van der Waals surface area contributed by atoms with Gasteiger partial charge < -0.3 is 14.2 Å².